The highest BCUT2D eigenvalue weighted by Crippen LogP contribution is 2.22. The van der Waals surface area contributed by atoms with Gasteiger partial charge in [0.2, 0.25) is 0 Å². The van der Waals surface area contributed by atoms with Gasteiger partial charge in [-0.2, -0.15) is 0 Å². The van der Waals surface area contributed by atoms with E-state index in [1.54, 1.807) is 6.26 Å². The van der Waals surface area contributed by atoms with Gasteiger partial charge in [0.05, 0.1) is 18.9 Å². The van der Waals surface area contributed by atoms with Crippen LogP contribution in [0.2, 0.25) is 0 Å². The van der Waals surface area contributed by atoms with Crippen LogP contribution >= 0.6 is 15.9 Å². The Bertz CT molecular complexity index is 255. The van der Waals surface area contributed by atoms with E-state index in [4.69, 9.17) is 9.15 Å². The van der Waals surface area contributed by atoms with Gasteiger partial charge in [0.1, 0.15) is 6.26 Å². The largest absolute Gasteiger partial charge is 0.455 e. The van der Waals surface area contributed by atoms with Crippen LogP contribution < -0.4 is 4.90 Å². The maximum Gasteiger partial charge on any atom is 0.171 e. The number of hydrogen-bond donors (Lipinski definition) is 0. The molecule has 12 heavy (non-hydrogen) atoms. The molecule has 0 bridgehead atoms. The van der Waals surface area contributed by atoms with Crippen molar-refractivity contribution in [2.75, 3.05) is 31.2 Å². The first kappa shape index (κ1) is 8.13. The third-order valence-corrected chi connectivity index (χ3v) is 2.35. The van der Waals surface area contributed by atoms with Crippen LogP contribution in [0, 0.1) is 0 Å². The zero-order chi connectivity index (χ0) is 8.39. The molecule has 3 nitrogen and oxygen atoms in total. The fourth-order valence-corrected chi connectivity index (χ4v) is 1.62. The second-order valence-electron chi connectivity index (χ2n) is 2.71. The maximum absolute atomic E-state index is 5.24. The molecule has 0 aromatic carbocycles. The summed E-state index contributed by atoms with van der Waals surface area (Å²) in [5.74, 6) is 0. The molecule has 1 aliphatic rings. The van der Waals surface area contributed by atoms with Crippen LogP contribution in [0.1, 0.15) is 0 Å². The quantitative estimate of drug-likeness (QED) is 0.739. The van der Waals surface area contributed by atoms with E-state index in [0.717, 1.165) is 36.7 Å². The molecule has 1 aromatic heterocycles. The Morgan fingerprint density at radius 2 is 2.08 bits per heavy atom. The summed E-state index contributed by atoms with van der Waals surface area (Å²) in [4.78, 5) is 2.25. The van der Waals surface area contributed by atoms with Gasteiger partial charge in [-0.1, -0.05) is 0 Å². The highest BCUT2D eigenvalue weighted by Gasteiger charge is 2.12. The van der Waals surface area contributed by atoms with Crippen LogP contribution in [0.25, 0.3) is 0 Å². The van der Waals surface area contributed by atoms with Crippen LogP contribution in [0.3, 0.4) is 0 Å². The number of anilines is 1. The smallest absolute Gasteiger partial charge is 0.171 e. The molecule has 0 N–H and O–H groups in total. The van der Waals surface area contributed by atoms with E-state index in [9.17, 15) is 0 Å². The summed E-state index contributed by atoms with van der Waals surface area (Å²) >= 11 is 3.27. The first-order chi connectivity index (χ1) is 5.86. The molecule has 1 aliphatic heterocycles. The Kier molecular flexibility index (Phi) is 2.37. The minimum absolute atomic E-state index is 0.781. The van der Waals surface area contributed by atoms with Crippen molar-refractivity contribution >= 4 is 21.6 Å². The minimum atomic E-state index is 0.781. The fourth-order valence-electron chi connectivity index (χ4n) is 1.29. The molecule has 66 valence electrons. The van der Waals surface area contributed by atoms with Crippen LogP contribution in [0.5, 0.6) is 0 Å². The molecule has 2 rings (SSSR count). The third-order valence-electron chi connectivity index (χ3n) is 1.93. The van der Waals surface area contributed by atoms with Gasteiger partial charge in [-0.05, 0) is 15.9 Å². The van der Waals surface area contributed by atoms with Crippen LogP contribution in [-0.4, -0.2) is 26.3 Å². The predicted octanol–water partition coefficient (Wildman–Crippen LogP) is 1.88. The monoisotopic (exact) mass is 231 g/mol. The van der Waals surface area contributed by atoms with E-state index in [0.29, 0.717) is 0 Å². The number of ether oxygens (including phenoxy) is 1. The van der Waals surface area contributed by atoms with E-state index in [1.165, 1.54) is 0 Å². The molecule has 0 spiro atoms. The van der Waals surface area contributed by atoms with Crippen molar-refractivity contribution in [1.82, 2.24) is 0 Å². The van der Waals surface area contributed by atoms with Gasteiger partial charge < -0.3 is 14.1 Å². The Hall–Kier alpha value is -0.480. The summed E-state index contributed by atoms with van der Waals surface area (Å²) in [6.07, 6.45) is 1.76. The molecule has 4 heteroatoms. The maximum atomic E-state index is 5.24. The van der Waals surface area contributed by atoms with E-state index in [1.807, 2.05) is 6.07 Å². The zero-order valence-corrected chi connectivity index (χ0v) is 8.21. The number of furan rings is 1. The van der Waals surface area contributed by atoms with Gasteiger partial charge in [0.15, 0.2) is 4.67 Å². The van der Waals surface area contributed by atoms with Crippen molar-refractivity contribution in [1.29, 1.82) is 0 Å². The predicted molar refractivity (Wildman–Crippen MR) is 49.4 cm³/mol. The lowest BCUT2D eigenvalue weighted by molar-refractivity contribution is 0.122. The first-order valence-electron chi connectivity index (χ1n) is 3.93. The van der Waals surface area contributed by atoms with Gasteiger partial charge >= 0.3 is 0 Å². The number of rotatable bonds is 1. The lowest BCUT2D eigenvalue weighted by atomic mass is 10.4. The summed E-state index contributed by atoms with van der Waals surface area (Å²) in [5.41, 5.74) is 1.13. The normalized spacial score (nSPS) is 18.2. The minimum Gasteiger partial charge on any atom is -0.455 e. The van der Waals surface area contributed by atoms with E-state index >= 15 is 0 Å². The number of hydrogen-bond acceptors (Lipinski definition) is 3. The molecule has 0 unspecified atom stereocenters. The Labute approximate surface area is 79.4 Å². The second-order valence-corrected chi connectivity index (χ2v) is 3.49. The molecule has 0 aliphatic carbocycles. The van der Waals surface area contributed by atoms with Gasteiger partial charge in [0.25, 0.3) is 0 Å². The Balaban J connectivity index is 2.08. The van der Waals surface area contributed by atoms with E-state index in [-0.39, 0.29) is 0 Å². The highest BCUT2D eigenvalue weighted by molar-refractivity contribution is 9.10. The van der Waals surface area contributed by atoms with Crippen molar-refractivity contribution in [2.45, 2.75) is 0 Å². The van der Waals surface area contributed by atoms with Crippen molar-refractivity contribution in [3.63, 3.8) is 0 Å². The molecule has 0 atom stereocenters. The summed E-state index contributed by atoms with van der Waals surface area (Å²) in [5, 5.41) is 0. The number of halogens is 1. The summed E-state index contributed by atoms with van der Waals surface area (Å²) < 4.78 is 11.2. The highest BCUT2D eigenvalue weighted by atomic mass is 79.9. The SMILES string of the molecule is Brc1cc(N2CCOCC2)co1. The Morgan fingerprint density at radius 1 is 1.33 bits per heavy atom. The van der Waals surface area contributed by atoms with Crippen molar-refractivity contribution < 1.29 is 9.15 Å². The lowest BCUT2D eigenvalue weighted by Gasteiger charge is -2.27. The third kappa shape index (κ3) is 1.64. The van der Waals surface area contributed by atoms with Crippen molar-refractivity contribution in [3.05, 3.63) is 17.0 Å². The first-order valence-corrected chi connectivity index (χ1v) is 4.72. The molecule has 0 saturated carbocycles. The number of morpholine rings is 1. The summed E-state index contributed by atoms with van der Waals surface area (Å²) in [6.45, 7) is 3.52. The molecule has 2 heterocycles. The van der Waals surface area contributed by atoms with Gasteiger partial charge in [0, 0.05) is 19.2 Å². The standard InChI is InChI=1S/C8H10BrNO2/c9-8-5-7(6-12-8)10-1-3-11-4-2-10/h5-6H,1-4H2. The van der Waals surface area contributed by atoms with Gasteiger partial charge in [-0.25, -0.2) is 0 Å². The van der Waals surface area contributed by atoms with E-state index in [2.05, 4.69) is 20.8 Å². The molecule has 0 amide bonds. The van der Waals surface area contributed by atoms with Crippen molar-refractivity contribution in [3.8, 4) is 0 Å². The van der Waals surface area contributed by atoms with Crippen molar-refractivity contribution in [2.24, 2.45) is 0 Å². The zero-order valence-electron chi connectivity index (χ0n) is 6.62. The average Bonchev–Trinajstić information content (AvgIpc) is 2.54. The molecule has 1 saturated heterocycles. The second kappa shape index (κ2) is 3.49. The van der Waals surface area contributed by atoms with Gasteiger partial charge in [-0.3, -0.25) is 0 Å². The Morgan fingerprint density at radius 3 is 2.67 bits per heavy atom. The summed E-state index contributed by atoms with van der Waals surface area (Å²) in [7, 11) is 0. The molecule has 1 fully saturated rings. The average molecular weight is 232 g/mol. The molecule has 0 radical (unpaired) electrons. The van der Waals surface area contributed by atoms with Gasteiger partial charge in [-0.15, -0.1) is 0 Å². The number of nitrogens with zero attached hydrogens (tertiary/aromatic N) is 1. The molecule has 1 aromatic rings. The summed E-state index contributed by atoms with van der Waals surface area (Å²) in [6, 6.07) is 1.98. The lowest BCUT2D eigenvalue weighted by Crippen LogP contribution is -2.35. The van der Waals surface area contributed by atoms with Crippen LogP contribution in [0.4, 0.5) is 5.69 Å². The topological polar surface area (TPSA) is 25.6 Å². The van der Waals surface area contributed by atoms with Crippen LogP contribution in [-0.2, 0) is 4.74 Å². The van der Waals surface area contributed by atoms with Crippen LogP contribution in [0.15, 0.2) is 21.4 Å². The molecular formula is C8H10BrNO2. The molecular weight excluding hydrogens is 222 g/mol. The fraction of sp³-hybridized carbons (Fsp3) is 0.500. The van der Waals surface area contributed by atoms with E-state index < -0.39 is 0 Å².